The highest BCUT2D eigenvalue weighted by Gasteiger charge is 2.54. The lowest BCUT2D eigenvalue weighted by atomic mass is 9.50. The van der Waals surface area contributed by atoms with Crippen LogP contribution in [-0.2, 0) is 11.8 Å². The molecule has 0 heterocycles. The minimum Gasteiger partial charge on any atom is -0.493 e. The lowest BCUT2D eigenvalue weighted by molar-refractivity contribution is 0.0471. The number of rotatable bonds is 3. The summed E-state index contributed by atoms with van der Waals surface area (Å²) in [5, 5.41) is 0. The smallest absolute Gasteiger partial charge is 0.203 e. The summed E-state index contributed by atoms with van der Waals surface area (Å²) in [6.07, 6.45) is 4.61. The average Bonchev–Trinajstić information content (AvgIpc) is 2.56. The van der Waals surface area contributed by atoms with E-state index < -0.39 is 0 Å². The Kier molecular flexibility index (Phi) is 4.57. The first kappa shape index (κ1) is 17.9. The van der Waals surface area contributed by atoms with Crippen molar-refractivity contribution in [3.8, 4) is 17.2 Å². The molecule has 0 aliphatic heterocycles. The Hall–Kier alpha value is -0.900. The third-order valence-corrected chi connectivity index (χ3v) is 8.21. The van der Waals surface area contributed by atoms with E-state index in [0.29, 0.717) is 10.7 Å². The van der Waals surface area contributed by atoms with E-state index in [1.54, 1.807) is 21.3 Å². The van der Waals surface area contributed by atoms with Gasteiger partial charge in [-0.25, -0.2) is 0 Å². The molecule has 0 N–H and O–H groups in total. The van der Waals surface area contributed by atoms with E-state index in [4.69, 9.17) is 14.2 Å². The predicted molar refractivity (Wildman–Crippen MR) is 101 cm³/mol. The van der Waals surface area contributed by atoms with Crippen LogP contribution in [0.2, 0.25) is 0 Å². The van der Waals surface area contributed by atoms with Gasteiger partial charge in [0.2, 0.25) is 5.75 Å². The van der Waals surface area contributed by atoms with E-state index >= 15 is 0 Å². The van der Waals surface area contributed by atoms with Gasteiger partial charge in [0.1, 0.15) is 0 Å². The first-order valence-corrected chi connectivity index (χ1v) is 9.69. The second kappa shape index (κ2) is 6.12. The maximum atomic E-state index is 5.87. The number of halogens is 1. The monoisotopic (exact) mass is 396 g/mol. The number of fused-ring (bicyclic) bond motifs is 3. The van der Waals surface area contributed by atoms with E-state index in [9.17, 15) is 0 Å². The van der Waals surface area contributed by atoms with Crippen LogP contribution < -0.4 is 14.2 Å². The number of alkyl halides is 1. The molecular formula is C20H29BrO3. The van der Waals surface area contributed by atoms with Crippen molar-refractivity contribution in [1.82, 2.24) is 0 Å². The average molecular weight is 397 g/mol. The molecule has 2 aliphatic carbocycles. The van der Waals surface area contributed by atoms with E-state index in [1.165, 1.54) is 24.0 Å². The molecule has 24 heavy (non-hydrogen) atoms. The van der Waals surface area contributed by atoms with Gasteiger partial charge >= 0.3 is 0 Å². The zero-order valence-electron chi connectivity index (χ0n) is 15.7. The Labute approximate surface area is 154 Å². The quantitative estimate of drug-likeness (QED) is 0.663. The van der Waals surface area contributed by atoms with Gasteiger partial charge in [-0.05, 0) is 54.1 Å². The number of ether oxygens (including phenoxy) is 3. The van der Waals surface area contributed by atoms with E-state index in [0.717, 1.165) is 30.1 Å². The van der Waals surface area contributed by atoms with Crippen molar-refractivity contribution in [2.45, 2.75) is 56.7 Å². The number of hydrogen-bond donors (Lipinski definition) is 0. The minimum atomic E-state index is 0.103. The molecule has 4 heteroatoms. The number of methoxy groups -OCH3 is 3. The lowest BCUT2D eigenvalue weighted by Crippen LogP contribution is -2.52. The van der Waals surface area contributed by atoms with Gasteiger partial charge in [0, 0.05) is 10.4 Å². The molecule has 2 aliphatic rings. The first-order valence-electron chi connectivity index (χ1n) is 8.77. The van der Waals surface area contributed by atoms with Crippen molar-refractivity contribution in [3.63, 3.8) is 0 Å². The van der Waals surface area contributed by atoms with Crippen LogP contribution >= 0.6 is 15.9 Å². The largest absolute Gasteiger partial charge is 0.493 e. The number of aryl methyl sites for hydroxylation is 1. The molecule has 1 saturated carbocycles. The first-order chi connectivity index (χ1) is 11.3. The zero-order valence-corrected chi connectivity index (χ0v) is 17.2. The van der Waals surface area contributed by atoms with Crippen molar-refractivity contribution in [3.05, 3.63) is 17.2 Å². The van der Waals surface area contributed by atoms with Crippen LogP contribution in [-0.4, -0.2) is 26.2 Å². The second-order valence-corrected chi connectivity index (χ2v) is 9.12. The Balaban J connectivity index is 2.24. The highest BCUT2D eigenvalue weighted by molar-refractivity contribution is 9.09. The van der Waals surface area contributed by atoms with Crippen molar-refractivity contribution in [1.29, 1.82) is 0 Å². The molecule has 0 saturated heterocycles. The van der Waals surface area contributed by atoms with Crippen LogP contribution in [0.25, 0.3) is 0 Å². The SMILES string of the molecule is COc1cc2c(c(OC)c1OC)[C@]1(C)CC[C@@H](Br)C(C)(C)[C@H]1CC2. The van der Waals surface area contributed by atoms with Gasteiger partial charge in [-0.2, -0.15) is 0 Å². The van der Waals surface area contributed by atoms with Crippen LogP contribution in [0.15, 0.2) is 6.07 Å². The fourth-order valence-electron chi connectivity index (χ4n) is 5.33. The van der Waals surface area contributed by atoms with Gasteiger partial charge in [-0.15, -0.1) is 0 Å². The molecule has 0 aromatic heterocycles. The Morgan fingerprint density at radius 2 is 1.67 bits per heavy atom. The molecule has 0 amide bonds. The highest BCUT2D eigenvalue weighted by atomic mass is 79.9. The minimum absolute atomic E-state index is 0.103. The van der Waals surface area contributed by atoms with Crippen molar-refractivity contribution >= 4 is 15.9 Å². The molecule has 1 aromatic rings. The molecule has 3 rings (SSSR count). The third-order valence-electron chi connectivity index (χ3n) is 6.58. The van der Waals surface area contributed by atoms with E-state index in [-0.39, 0.29) is 10.8 Å². The molecule has 3 atom stereocenters. The van der Waals surface area contributed by atoms with E-state index in [1.807, 2.05) is 0 Å². The normalized spacial score (nSPS) is 31.0. The number of benzene rings is 1. The maximum absolute atomic E-state index is 5.87. The fourth-order valence-corrected chi connectivity index (χ4v) is 5.88. The molecule has 134 valence electrons. The Bertz CT molecular complexity index is 640. The molecule has 0 radical (unpaired) electrons. The Morgan fingerprint density at radius 3 is 2.25 bits per heavy atom. The van der Waals surface area contributed by atoms with Gasteiger partial charge < -0.3 is 14.2 Å². The van der Waals surface area contributed by atoms with Crippen LogP contribution in [0.3, 0.4) is 0 Å². The third kappa shape index (κ3) is 2.36. The second-order valence-electron chi connectivity index (χ2n) is 8.02. The molecule has 1 fully saturated rings. The maximum Gasteiger partial charge on any atom is 0.203 e. The van der Waals surface area contributed by atoms with Crippen LogP contribution in [0.1, 0.15) is 51.2 Å². The summed E-state index contributed by atoms with van der Waals surface area (Å²) in [7, 11) is 5.12. The van der Waals surface area contributed by atoms with Crippen LogP contribution in [0, 0.1) is 11.3 Å². The van der Waals surface area contributed by atoms with E-state index in [2.05, 4.69) is 42.8 Å². The fraction of sp³-hybridized carbons (Fsp3) is 0.700. The Morgan fingerprint density at radius 1 is 1.00 bits per heavy atom. The summed E-state index contributed by atoms with van der Waals surface area (Å²) in [4.78, 5) is 0.566. The summed E-state index contributed by atoms with van der Waals surface area (Å²) in [6, 6.07) is 2.16. The summed E-state index contributed by atoms with van der Waals surface area (Å²) in [5.41, 5.74) is 3.05. The highest BCUT2D eigenvalue weighted by Crippen LogP contribution is 2.62. The van der Waals surface area contributed by atoms with Crippen molar-refractivity contribution in [2.75, 3.05) is 21.3 Å². The summed E-state index contributed by atoms with van der Waals surface area (Å²) >= 11 is 3.95. The van der Waals surface area contributed by atoms with Gasteiger partial charge in [0.25, 0.3) is 0 Å². The summed E-state index contributed by atoms with van der Waals surface area (Å²) < 4.78 is 17.1. The van der Waals surface area contributed by atoms with Crippen molar-refractivity contribution in [2.24, 2.45) is 11.3 Å². The van der Waals surface area contributed by atoms with Gasteiger partial charge in [-0.1, -0.05) is 36.7 Å². The van der Waals surface area contributed by atoms with Crippen LogP contribution in [0.4, 0.5) is 0 Å². The van der Waals surface area contributed by atoms with Gasteiger partial charge in [0.05, 0.1) is 21.3 Å². The molecule has 0 spiro atoms. The molecule has 0 bridgehead atoms. The van der Waals surface area contributed by atoms with Crippen molar-refractivity contribution < 1.29 is 14.2 Å². The lowest BCUT2D eigenvalue weighted by Gasteiger charge is -2.56. The molecule has 1 aromatic carbocycles. The summed E-state index contributed by atoms with van der Waals surface area (Å²) in [5.74, 6) is 2.97. The topological polar surface area (TPSA) is 27.7 Å². The molecular weight excluding hydrogens is 368 g/mol. The van der Waals surface area contributed by atoms with Gasteiger partial charge in [0.15, 0.2) is 11.5 Å². The summed E-state index contributed by atoms with van der Waals surface area (Å²) in [6.45, 7) is 7.24. The molecule has 3 nitrogen and oxygen atoms in total. The standard InChI is InChI=1S/C20H29BrO3/c1-19(2)14-8-7-12-11-13(22-4)17(23-5)18(24-6)16(12)20(14,3)10-9-15(19)21/h11,14-15H,7-10H2,1-6H3/t14-,15-,20-/m1/s1. The van der Waals surface area contributed by atoms with Crippen LogP contribution in [0.5, 0.6) is 17.2 Å². The van der Waals surface area contributed by atoms with Gasteiger partial charge in [-0.3, -0.25) is 0 Å². The molecule has 0 unspecified atom stereocenters. The zero-order chi connectivity index (χ0) is 17.7. The predicted octanol–water partition coefficient (Wildman–Crippen LogP) is 5.12. The number of hydrogen-bond acceptors (Lipinski definition) is 3.